The van der Waals surface area contributed by atoms with Gasteiger partial charge in [0.15, 0.2) is 12.5 Å². The van der Waals surface area contributed by atoms with E-state index in [2.05, 4.69) is 122 Å². The number of carbonyl (C=O) groups excluding carboxylic acids is 2. The van der Waals surface area contributed by atoms with Crippen LogP contribution in [0.2, 0.25) is 0 Å². The number of hydrogen-bond acceptors (Lipinski definition) is 10. The number of rotatable bonds is 4. The van der Waals surface area contributed by atoms with Crippen LogP contribution in [-0.2, 0) is 49.2 Å². The second-order valence-electron chi connectivity index (χ2n) is 17.4. The quantitative estimate of drug-likeness (QED) is 0.0293. The number of nitrogens with zero attached hydrogens (tertiary/aromatic N) is 3. The Kier molecular flexibility index (Phi) is 30.8. The first-order valence-electron chi connectivity index (χ1n) is 23.1. The first kappa shape index (κ1) is 81.5. The van der Waals surface area contributed by atoms with E-state index in [1.165, 1.54) is 57.4 Å². The molecule has 0 amide bonds. The van der Waals surface area contributed by atoms with E-state index < -0.39 is 90.1 Å². The maximum atomic E-state index is 13.1. The Labute approximate surface area is 544 Å². The molecule has 2 aromatic heterocycles. The second kappa shape index (κ2) is 33.2. The molecule has 0 saturated carbocycles. The molecule has 0 radical (unpaired) electrons. The lowest BCUT2D eigenvalue weighted by atomic mass is 10.0. The number of carbonyl (C=O) groups is 2. The molecule has 1 unspecified atom stereocenters. The highest BCUT2D eigenvalue weighted by atomic mass is 127. The van der Waals surface area contributed by atoms with E-state index in [9.17, 15) is 96.5 Å². The summed E-state index contributed by atoms with van der Waals surface area (Å²) >= 11 is 16.7. The van der Waals surface area contributed by atoms with Crippen molar-refractivity contribution in [2.24, 2.45) is 0 Å². The van der Waals surface area contributed by atoms with Crippen molar-refractivity contribution in [2.75, 3.05) is 13.7 Å². The number of methoxy groups -OCH3 is 1. The number of benzene rings is 5. The number of halogens is 24. The Morgan fingerprint density at radius 3 is 1.55 bits per heavy atom. The van der Waals surface area contributed by atoms with Crippen LogP contribution in [-0.4, -0.2) is 65.1 Å². The van der Waals surface area contributed by atoms with Gasteiger partial charge in [-0.1, -0.05) is 19.8 Å². The minimum absolute atomic E-state index is 0. The topological polar surface area (TPSA) is 212 Å². The smallest absolute Gasteiger partial charge is 0.464 e. The molecule has 1 aliphatic heterocycles. The van der Waals surface area contributed by atoms with Gasteiger partial charge in [0, 0.05) is 44.7 Å². The van der Waals surface area contributed by atoms with E-state index in [1.54, 1.807) is 4.68 Å². The summed E-state index contributed by atoms with van der Waals surface area (Å²) in [6.45, 7) is 7.78. The van der Waals surface area contributed by atoms with Crippen molar-refractivity contribution in [1.29, 1.82) is 11.1 Å². The van der Waals surface area contributed by atoms with Crippen LogP contribution in [0, 0.1) is 66.7 Å². The standard InChI is InChI=1S/C14H14BrF3N2O.C9H5BrF4O.C9H6BrF3N2.C8H5BrF4.C7H5BrFI.C3H3F3O4S.H2N2.H2O.H2/c1-8-6-10-9(13(15)12(8)14(16,17)18)7-19-20(10)11-4-2-3-5-21-11;1-4-2-6(11)5(3-15)8(10)7(4)9(12,13)14;1-4-2-6-5(3-14-15-6)8(10)7(4)9(11,12)13;1-4-2-5(10)3-6(9)7(4)8(11,12)13;1-4-2-5(9)3-6(8)7(4)10;1-10-2(7)3(4,5)11(6,8)9;1-2;;/h6-7,11H,2-5H2,1H3;2-3H,1H3;2-3H,1H3,(H,14,15);2-3H,1H3;2-3H,1H3;1H3;1-2H;1H2;1H. The molecular weight excluding hydrogens is 1700 g/mol. The van der Waals surface area contributed by atoms with Crippen LogP contribution in [0.25, 0.3) is 21.8 Å². The van der Waals surface area contributed by atoms with Gasteiger partial charge in [-0.3, -0.25) is 9.89 Å². The number of aldehydes is 1. The van der Waals surface area contributed by atoms with E-state index in [0.29, 0.717) is 41.6 Å². The minimum atomic E-state index is -6.22. The number of alkyl halides is 14. The SMILES string of the molecule is COC(=O)C(F)(F)S(=O)(=O)F.Cc1cc(F)c(C=O)c(Br)c1C(F)(F)F.Cc1cc(F)cc(Br)c1C(F)(F)F.Cc1cc(F)cc(Br)c1I.Cc1cc2[nH]ncc2c(Br)c1C(F)(F)F.Cc1cc2c(cnn2C2CCCCO2)c(Br)c1C(F)(F)F.N=N.O.[HH]. The summed E-state index contributed by atoms with van der Waals surface area (Å²) in [6.07, 6.45) is -12.2. The summed E-state index contributed by atoms with van der Waals surface area (Å²) in [7, 11) is -5.71. The Balaban J connectivity index is 0.00000105. The normalized spacial score (nSPS) is 13.4. The van der Waals surface area contributed by atoms with Crippen LogP contribution in [0.3, 0.4) is 0 Å². The molecule has 8 rings (SSSR count). The molecule has 13 nitrogen and oxygen atoms in total. The zero-order chi connectivity index (χ0) is 67.4. The summed E-state index contributed by atoms with van der Waals surface area (Å²) in [5.74, 6) is -4.29. The lowest BCUT2D eigenvalue weighted by molar-refractivity contribution is -0.158. The van der Waals surface area contributed by atoms with Crippen LogP contribution >= 0.6 is 102 Å². The molecule has 490 valence electrons. The zero-order valence-corrected chi connectivity index (χ0v) is 55.9. The molecule has 7 aromatic rings. The maximum Gasteiger partial charge on any atom is 0.470 e. The van der Waals surface area contributed by atoms with Crippen molar-refractivity contribution in [3.05, 3.63) is 154 Å². The molecule has 88 heavy (non-hydrogen) atoms. The first-order chi connectivity index (χ1) is 39.7. The van der Waals surface area contributed by atoms with Gasteiger partial charge in [0.1, 0.15) is 17.5 Å². The lowest BCUT2D eigenvalue weighted by Gasteiger charge is -2.24. The molecule has 1 saturated heterocycles. The third-order valence-corrected chi connectivity index (χ3v) is 17.9. The van der Waals surface area contributed by atoms with E-state index in [-0.39, 0.29) is 60.9 Å². The minimum Gasteiger partial charge on any atom is -0.464 e. The fourth-order valence-electron chi connectivity index (χ4n) is 7.46. The van der Waals surface area contributed by atoms with Gasteiger partial charge < -0.3 is 14.9 Å². The highest BCUT2D eigenvalue weighted by Gasteiger charge is 2.55. The van der Waals surface area contributed by atoms with Crippen molar-refractivity contribution < 1.29 is 113 Å². The second-order valence-corrected chi connectivity index (χ2v) is 23.9. The molecule has 1 aliphatic rings. The van der Waals surface area contributed by atoms with Gasteiger partial charge in [0.2, 0.25) is 0 Å². The van der Waals surface area contributed by atoms with E-state index in [1.807, 2.05) is 6.92 Å². The van der Waals surface area contributed by atoms with Crippen molar-refractivity contribution in [3.63, 3.8) is 0 Å². The molecule has 1 fully saturated rings. The number of esters is 1. The summed E-state index contributed by atoms with van der Waals surface area (Å²) in [6, 6.07) is 8.31. The fraction of sp³-hybridized carbons (Fsp3) is 0.320. The molecule has 0 aliphatic carbocycles. The van der Waals surface area contributed by atoms with Gasteiger partial charge in [0.25, 0.3) is 0 Å². The van der Waals surface area contributed by atoms with Gasteiger partial charge in [0.05, 0.1) is 58.4 Å². The van der Waals surface area contributed by atoms with Crippen LogP contribution in [0.15, 0.2) is 77.2 Å². The molecule has 0 spiro atoms. The third-order valence-electron chi connectivity index (χ3n) is 11.2. The van der Waals surface area contributed by atoms with E-state index in [4.69, 9.17) is 15.8 Å². The van der Waals surface area contributed by atoms with E-state index in [0.717, 1.165) is 51.9 Å². The van der Waals surface area contributed by atoms with Gasteiger partial charge in [-0.2, -0.15) is 80.1 Å². The lowest BCUT2D eigenvalue weighted by Crippen LogP contribution is -2.36. The average molecular weight is 1740 g/mol. The fourth-order valence-corrected chi connectivity index (χ4v) is 11.9. The molecule has 5 N–H and O–H groups in total. The maximum absolute atomic E-state index is 13.1. The number of aryl methyl sites for hydroxylation is 5. The monoisotopic (exact) mass is 1740 g/mol. The van der Waals surface area contributed by atoms with Gasteiger partial charge in [-0.25, -0.2) is 33.7 Å². The number of aromatic nitrogens is 4. The van der Waals surface area contributed by atoms with Crippen molar-refractivity contribution in [3.8, 4) is 0 Å². The number of nitrogens with one attached hydrogen (secondary N) is 3. The molecular formula is C50H44Br5F18IN6O7S. The first-order valence-corrected chi connectivity index (χ1v) is 29.5. The predicted molar refractivity (Wildman–Crippen MR) is 312 cm³/mol. The van der Waals surface area contributed by atoms with Crippen LogP contribution in [0.1, 0.15) is 87.3 Å². The average Bonchev–Trinajstić information content (AvgIpc) is 1.85. The van der Waals surface area contributed by atoms with Crippen molar-refractivity contribution >= 4 is 147 Å². The highest BCUT2D eigenvalue weighted by Crippen LogP contribution is 2.44. The molecule has 38 heteroatoms. The Bertz CT molecular complexity index is 3660. The Morgan fingerprint density at radius 1 is 0.682 bits per heavy atom. The zero-order valence-electron chi connectivity index (χ0n) is 44.9. The van der Waals surface area contributed by atoms with Crippen LogP contribution in [0.5, 0.6) is 0 Å². The Morgan fingerprint density at radius 2 is 1.12 bits per heavy atom. The molecule has 0 bridgehead atoms. The molecule has 3 heterocycles. The third kappa shape index (κ3) is 21.3. The van der Waals surface area contributed by atoms with Crippen LogP contribution < -0.4 is 0 Å². The summed E-state index contributed by atoms with van der Waals surface area (Å²) in [4.78, 5) is 20.3. The van der Waals surface area contributed by atoms with Gasteiger partial charge in [-0.15, -0.1) is 0 Å². The number of ether oxygens (including phenoxy) is 2. The van der Waals surface area contributed by atoms with Gasteiger partial charge in [-0.05, 0) is 210 Å². The predicted octanol–water partition coefficient (Wildman–Crippen LogP) is 19.7. The Hall–Kier alpha value is -4.48. The summed E-state index contributed by atoms with van der Waals surface area (Å²) in [5, 5.41) is 6.36. The molecule has 1 atom stereocenters. The highest BCUT2D eigenvalue weighted by molar-refractivity contribution is 14.1. The van der Waals surface area contributed by atoms with Gasteiger partial charge >= 0.3 is 46.2 Å². The number of aromatic amines is 1. The number of hydrogen-bond donors (Lipinski definition) is 3. The number of fused-ring (bicyclic) bond motifs is 2. The van der Waals surface area contributed by atoms with Crippen LogP contribution in [0.4, 0.5) is 78.5 Å². The molecule has 5 aromatic carbocycles. The van der Waals surface area contributed by atoms with Crippen molar-refractivity contribution in [1.82, 2.24) is 20.0 Å². The number of H-pyrrole nitrogens is 1. The summed E-state index contributed by atoms with van der Waals surface area (Å²) < 4.78 is 256. The van der Waals surface area contributed by atoms with Crippen molar-refractivity contribution in [2.45, 2.75) is 90.1 Å². The largest absolute Gasteiger partial charge is 0.470 e. The summed E-state index contributed by atoms with van der Waals surface area (Å²) in [5.41, 5.74) is 8.44. The van der Waals surface area contributed by atoms with E-state index >= 15 is 0 Å².